The van der Waals surface area contributed by atoms with Gasteiger partial charge in [0.25, 0.3) is 5.91 Å². The molecule has 3 nitrogen and oxygen atoms in total. The second kappa shape index (κ2) is 4.55. The fourth-order valence-corrected chi connectivity index (χ4v) is 2.71. The molecule has 0 saturated carbocycles. The summed E-state index contributed by atoms with van der Waals surface area (Å²) in [4.78, 5) is 15.5. The number of hydrogen-bond acceptors (Lipinski definition) is 4. The van der Waals surface area contributed by atoms with E-state index in [1.54, 1.807) is 0 Å². The Morgan fingerprint density at radius 1 is 1.73 bits per heavy atom. The fraction of sp³-hybridized carbons (Fsp3) is 0.500. The first kappa shape index (κ1) is 11.0. The van der Waals surface area contributed by atoms with Crippen LogP contribution in [0.4, 0.5) is 0 Å². The van der Waals surface area contributed by atoms with E-state index in [2.05, 4.69) is 12.6 Å². The molecule has 1 saturated heterocycles. The van der Waals surface area contributed by atoms with Crippen molar-refractivity contribution < 1.29 is 9.53 Å². The summed E-state index contributed by atoms with van der Waals surface area (Å²) in [6.45, 7) is 3.95. The minimum atomic E-state index is 0.0936. The number of rotatable bonds is 1. The highest BCUT2D eigenvalue weighted by Crippen LogP contribution is 2.21. The van der Waals surface area contributed by atoms with E-state index in [-0.39, 0.29) is 11.9 Å². The number of thiol groups is 1. The van der Waals surface area contributed by atoms with Gasteiger partial charge in [-0.2, -0.15) is 0 Å². The van der Waals surface area contributed by atoms with Crippen molar-refractivity contribution >= 4 is 29.9 Å². The smallest absolute Gasteiger partial charge is 0.264 e. The number of ether oxygens (including phenoxy) is 1. The Bertz CT molecular complexity index is 364. The maximum atomic E-state index is 12.1. The predicted molar refractivity (Wildman–Crippen MR) is 62.9 cm³/mol. The lowest BCUT2D eigenvalue weighted by molar-refractivity contribution is 0.00386. The van der Waals surface area contributed by atoms with Gasteiger partial charge in [-0.1, -0.05) is 0 Å². The maximum absolute atomic E-state index is 12.1. The molecule has 5 heteroatoms. The molecule has 1 amide bonds. The van der Waals surface area contributed by atoms with Crippen LogP contribution >= 0.6 is 24.0 Å². The fourth-order valence-electron chi connectivity index (χ4n) is 1.61. The number of carbonyl (C=O) groups is 1. The predicted octanol–water partition coefficient (Wildman–Crippen LogP) is 1.90. The van der Waals surface area contributed by atoms with Crippen molar-refractivity contribution in [1.29, 1.82) is 0 Å². The number of thiophene rings is 1. The van der Waals surface area contributed by atoms with Gasteiger partial charge in [0, 0.05) is 16.8 Å². The average Bonchev–Trinajstić information content (AvgIpc) is 2.65. The van der Waals surface area contributed by atoms with Gasteiger partial charge in [-0.3, -0.25) is 4.79 Å². The molecule has 0 radical (unpaired) electrons. The lowest BCUT2D eigenvalue weighted by Crippen LogP contribution is -2.46. The van der Waals surface area contributed by atoms with Gasteiger partial charge >= 0.3 is 0 Å². The van der Waals surface area contributed by atoms with Crippen molar-refractivity contribution in [3.63, 3.8) is 0 Å². The highest BCUT2D eigenvalue weighted by molar-refractivity contribution is 7.80. The molecule has 1 aromatic rings. The van der Waals surface area contributed by atoms with Gasteiger partial charge in [-0.15, -0.1) is 24.0 Å². The molecule has 1 aliphatic heterocycles. The Morgan fingerprint density at radius 3 is 3.13 bits per heavy atom. The van der Waals surface area contributed by atoms with Gasteiger partial charge in [0.15, 0.2) is 0 Å². The maximum Gasteiger partial charge on any atom is 0.264 e. The summed E-state index contributed by atoms with van der Waals surface area (Å²) in [7, 11) is 0. The van der Waals surface area contributed by atoms with Crippen molar-refractivity contribution in [3.05, 3.63) is 16.3 Å². The molecule has 82 valence electrons. The van der Waals surface area contributed by atoms with Crippen LogP contribution in [0, 0.1) is 0 Å². The van der Waals surface area contributed by atoms with Crippen LogP contribution in [0.1, 0.15) is 16.6 Å². The van der Waals surface area contributed by atoms with Gasteiger partial charge < -0.3 is 9.64 Å². The van der Waals surface area contributed by atoms with Crippen LogP contribution in [-0.4, -0.2) is 36.6 Å². The summed E-state index contributed by atoms with van der Waals surface area (Å²) in [6.07, 6.45) is 0. The zero-order chi connectivity index (χ0) is 10.8. The zero-order valence-electron chi connectivity index (χ0n) is 8.47. The molecule has 1 fully saturated rings. The second-order valence-corrected chi connectivity index (χ2v) is 5.02. The van der Waals surface area contributed by atoms with E-state index in [9.17, 15) is 4.79 Å². The third-order valence-electron chi connectivity index (χ3n) is 2.42. The van der Waals surface area contributed by atoms with Gasteiger partial charge in [0.05, 0.1) is 24.1 Å². The molecule has 1 aromatic heterocycles. The lowest BCUT2D eigenvalue weighted by atomic mass is 10.2. The molecule has 0 spiro atoms. The van der Waals surface area contributed by atoms with Crippen molar-refractivity contribution in [2.24, 2.45) is 0 Å². The Morgan fingerprint density at radius 2 is 2.53 bits per heavy atom. The first-order chi connectivity index (χ1) is 7.18. The van der Waals surface area contributed by atoms with Crippen LogP contribution in [-0.2, 0) is 4.74 Å². The van der Waals surface area contributed by atoms with Crippen molar-refractivity contribution in [2.75, 3.05) is 19.8 Å². The molecule has 1 unspecified atom stereocenters. The van der Waals surface area contributed by atoms with E-state index in [1.807, 2.05) is 23.3 Å². The third kappa shape index (κ3) is 2.35. The van der Waals surface area contributed by atoms with Gasteiger partial charge in [0.1, 0.15) is 0 Å². The SMILES string of the molecule is CC1COCCN1C(=O)c1cc(S)cs1. The first-order valence-corrected chi connectivity index (χ1v) is 6.17. The van der Waals surface area contributed by atoms with Gasteiger partial charge in [0.2, 0.25) is 0 Å². The largest absolute Gasteiger partial charge is 0.377 e. The normalized spacial score (nSPS) is 21.7. The summed E-state index contributed by atoms with van der Waals surface area (Å²) in [6, 6.07) is 1.98. The minimum absolute atomic E-state index is 0.0936. The quantitative estimate of drug-likeness (QED) is 0.763. The van der Waals surface area contributed by atoms with Crippen LogP contribution in [0.3, 0.4) is 0 Å². The molecule has 0 bridgehead atoms. The van der Waals surface area contributed by atoms with Crippen LogP contribution < -0.4 is 0 Å². The Balaban J connectivity index is 2.13. The molecule has 0 aliphatic carbocycles. The first-order valence-electron chi connectivity index (χ1n) is 4.84. The summed E-state index contributed by atoms with van der Waals surface area (Å²) in [5.74, 6) is 0.0936. The van der Waals surface area contributed by atoms with E-state index >= 15 is 0 Å². The standard InChI is InChI=1S/C10H13NO2S2/c1-7-5-13-3-2-11(7)10(12)9-4-8(14)6-15-9/h4,6-7,14H,2-3,5H2,1H3. The van der Waals surface area contributed by atoms with Crippen LogP contribution in [0.25, 0.3) is 0 Å². The van der Waals surface area contributed by atoms with E-state index < -0.39 is 0 Å². The third-order valence-corrected chi connectivity index (χ3v) is 3.78. The Hall–Kier alpha value is -0.520. The molecule has 0 N–H and O–H groups in total. The minimum Gasteiger partial charge on any atom is -0.377 e. The number of nitrogens with zero attached hydrogens (tertiary/aromatic N) is 1. The van der Waals surface area contributed by atoms with Gasteiger partial charge in [-0.25, -0.2) is 0 Å². The number of hydrogen-bond donors (Lipinski definition) is 1. The van der Waals surface area contributed by atoms with Crippen LogP contribution in [0.5, 0.6) is 0 Å². The Labute approximate surface area is 98.4 Å². The molecular weight excluding hydrogens is 230 g/mol. The summed E-state index contributed by atoms with van der Waals surface area (Å²) >= 11 is 5.65. The molecule has 0 aromatic carbocycles. The van der Waals surface area contributed by atoms with Gasteiger partial charge in [-0.05, 0) is 13.0 Å². The summed E-state index contributed by atoms with van der Waals surface area (Å²) in [5, 5.41) is 1.88. The van der Waals surface area contributed by atoms with E-state index in [4.69, 9.17) is 4.74 Å². The molecule has 15 heavy (non-hydrogen) atoms. The average molecular weight is 243 g/mol. The molecular formula is C10H13NO2S2. The molecule has 1 aliphatic rings. The second-order valence-electron chi connectivity index (χ2n) is 3.59. The summed E-state index contributed by atoms with van der Waals surface area (Å²) < 4.78 is 5.30. The number of carbonyl (C=O) groups excluding carboxylic acids is 1. The monoisotopic (exact) mass is 243 g/mol. The molecule has 2 heterocycles. The highest BCUT2D eigenvalue weighted by atomic mass is 32.1. The van der Waals surface area contributed by atoms with E-state index in [0.29, 0.717) is 19.8 Å². The molecule has 2 rings (SSSR count). The van der Waals surface area contributed by atoms with Crippen LogP contribution in [0.15, 0.2) is 16.3 Å². The van der Waals surface area contributed by atoms with Crippen LogP contribution in [0.2, 0.25) is 0 Å². The number of amides is 1. The lowest BCUT2D eigenvalue weighted by Gasteiger charge is -2.32. The zero-order valence-corrected chi connectivity index (χ0v) is 10.2. The highest BCUT2D eigenvalue weighted by Gasteiger charge is 2.25. The van der Waals surface area contributed by atoms with Crippen molar-refractivity contribution in [3.8, 4) is 0 Å². The van der Waals surface area contributed by atoms with Crippen molar-refractivity contribution in [1.82, 2.24) is 4.90 Å². The van der Waals surface area contributed by atoms with Crippen molar-refractivity contribution in [2.45, 2.75) is 17.9 Å². The number of morpholine rings is 1. The van der Waals surface area contributed by atoms with E-state index in [0.717, 1.165) is 9.77 Å². The van der Waals surface area contributed by atoms with E-state index in [1.165, 1.54) is 11.3 Å². The molecule has 1 atom stereocenters. The summed E-state index contributed by atoms with van der Waals surface area (Å²) in [5.41, 5.74) is 0. The topological polar surface area (TPSA) is 29.5 Å². The Kier molecular flexibility index (Phi) is 3.33.